The van der Waals surface area contributed by atoms with Gasteiger partial charge in [0.2, 0.25) is 0 Å². The molecule has 0 spiro atoms. The zero-order valence-corrected chi connectivity index (χ0v) is 13.6. The van der Waals surface area contributed by atoms with Crippen LogP contribution in [0.1, 0.15) is 6.92 Å². The Bertz CT molecular complexity index is 388. The fourth-order valence-corrected chi connectivity index (χ4v) is 0.724. The monoisotopic (exact) mass is 283 g/mol. The van der Waals surface area contributed by atoms with Crippen molar-refractivity contribution in [2.24, 2.45) is 0 Å². The van der Waals surface area contributed by atoms with Gasteiger partial charge in [-0.15, -0.1) is 0 Å². The molecule has 19 heavy (non-hydrogen) atoms. The number of carboxylic acid groups (broad SMARTS) is 1. The molecule has 0 bridgehead atoms. The van der Waals surface area contributed by atoms with Crippen LogP contribution in [-0.4, -0.2) is 83.1 Å². The second-order valence-corrected chi connectivity index (χ2v) is 2.95. The zero-order chi connectivity index (χ0) is 14.1. The number of nitrogens with zero attached hydrogens (tertiary/aromatic N) is 2. The van der Waals surface area contributed by atoms with Crippen molar-refractivity contribution in [3.05, 3.63) is 6.20 Å². The molecule has 1 atom stereocenters. The first-order valence-electron chi connectivity index (χ1n) is 4.86. The van der Waals surface area contributed by atoms with E-state index in [4.69, 9.17) is 24.4 Å². The average molecular weight is 283 g/mol. The minimum absolute atomic E-state index is 0. The van der Waals surface area contributed by atoms with E-state index in [0.717, 1.165) is 0 Å². The summed E-state index contributed by atoms with van der Waals surface area (Å²) in [6.45, 7) is 1.20. The summed E-state index contributed by atoms with van der Waals surface area (Å²) in [4.78, 5) is 17.2. The number of hydrogen-bond donors (Lipinski definition) is 2. The maximum Gasteiger partial charge on any atom is 0.332 e. The topological polar surface area (TPSA) is 111 Å². The molecule has 1 aromatic heterocycles. The van der Waals surface area contributed by atoms with Gasteiger partial charge in [-0.05, 0) is 6.92 Å². The largest absolute Gasteiger partial charge is 0.490 e. The van der Waals surface area contributed by atoms with Gasteiger partial charge in [0.05, 0.1) is 27.5 Å². The number of aliphatic hydroxyl groups is 1. The molecule has 9 heteroatoms. The summed E-state index contributed by atoms with van der Waals surface area (Å²) >= 11 is 0. The van der Waals surface area contributed by atoms with Crippen LogP contribution in [0.5, 0.6) is 17.6 Å². The van der Waals surface area contributed by atoms with E-state index in [9.17, 15) is 4.79 Å². The summed E-state index contributed by atoms with van der Waals surface area (Å²) in [6.07, 6.45) is 0.259. The number of ether oxygens (including phenoxy) is 3. The van der Waals surface area contributed by atoms with Crippen molar-refractivity contribution in [1.29, 1.82) is 0 Å². The van der Waals surface area contributed by atoms with Gasteiger partial charge in [0.25, 0.3) is 5.88 Å². The van der Waals surface area contributed by atoms with Gasteiger partial charge in [0.15, 0.2) is 5.75 Å². The minimum Gasteiger partial charge on any atom is -0.490 e. The summed E-state index contributed by atoms with van der Waals surface area (Å²) in [5.41, 5.74) is 0. The molecule has 103 valence electrons. The first-order chi connectivity index (χ1) is 8.46. The summed E-state index contributed by atoms with van der Waals surface area (Å²) in [5.74, 6) is -0.336. The van der Waals surface area contributed by atoms with Crippen molar-refractivity contribution >= 4 is 35.5 Å². The predicted octanol–water partition coefficient (Wildman–Crippen LogP) is -0.427. The molecule has 0 saturated heterocycles. The smallest absolute Gasteiger partial charge is 0.332 e. The molecule has 0 fully saturated rings. The van der Waals surface area contributed by atoms with Crippen LogP contribution in [0.15, 0.2) is 6.20 Å². The number of hydrogen-bond acceptors (Lipinski definition) is 7. The van der Waals surface area contributed by atoms with Gasteiger partial charge in [0, 0.05) is 29.6 Å². The number of carbonyl (C=O) groups is 1. The fourth-order valence-electron chi connectivity index (χ4n) is 0.724. The van der Waals surface area contributed by atoms with Crippen molar-refractivity contribution in [1.82, 2.24) is 9.97 Å². The summed E-state index contributed by atoms with van der Waals surface area (Å²) in [5, 5.41) is 15.8. The Morgan fingerprint density at radius 3 is 2.11 bits per heavy atom. The van der Waals surface area contributed by atoms with Crippen LogP contribution >= 0.6 is 0 Å². The predicted molar refractivity (Wildman–Crippen MR) is 66.8 cm³/mol. The van der Waals surface area contributed by atoms with E-state index in [1.807, 2.05) is 0 Å². The Labute approximate surface area is 133 Å². The van der Waals surface area contributed by atoms with Crippen LogP contribution in [-0.2, 0) is 4.79 Å². The van der Waals surface area contributed by atoms with E-state index in [-0.39, 0.29) is 35.6 Å². The van der Waals surface area contributed by atoms with E-state index >= 15 is 0 Å². The number of aromatic nitrogens is 2. The Morgan fingerprint density at radius 1 is 1.26 bits per heavy atom. The number of aliphatic carboxylic acids is 1. The van der Waals surface area contributed by atoms with E-state index in [1.165, 1.54) is 34.4 Å². The van der Waals surface area contributed by atoms with Crippen molar-refractivity contribution in [2.45, 2.75) is 13.0 Å². The molecule has 1 heterocycles. The van der Waals surface area contributed by atoms with E-state index in [2.05, 4.69) is 9.97 Å². The van der Waals surface area contributed by atoms with Gasteiger partial charge < -0.3 is 24.4 Å². The molecule has 0 aromatic carbocycles. The molecule has 0 aliphatic heterocycles. The number of carboxylic acids is 1. The van der Waals surface area contributed by atoms with Crippen LogP contribution in [0.4, 0.5) is 0 Å². The van der Waals surface area contributed by atoms with Gasteiger partial charge >= 0.3 is 12.0 Å². The summed E-state index contributed by atoms with van der Waals surface area (Å²) < 4.78 is 14.7. The maximum atomic E-state index is 9.45. The second kappa shape index (κ2) is 10.8. The number of methoxy groups -OCH3 is 3. The van der Waals surface area contributed by atoms with Crippen molar-refractivity contribution in [3.63, 3.8) is 0 Å². The molecular weight excluding hydrogens is 267 g/mol. The molecule has 1 aromatic rings. The average Bonchev–Trinajstić information content (AvgIpc) is 2.38. The van der Waals surface area contributed by atoms with Crippen LogP contribution in [0.3, 0.4) is 0 Å². The van der Waals surface area contributed by atoms with Crippen LogP contribution in [0.25, 0.3) is 0 Å². The minimum atomic E-state index is -1.23. The molecule has 0 amide bonds. The van der Waals surface area contributed by atoms with Crippen molar-refractivity contribution in [2.75, 3.05) is 21.3 Å². The van der Waals surface area contributed by atoms with Gasteiger partial charge in [-0.3, -0.25) is 0 Å². The zero-order valence-electron chi connectivity index (χ0n) is 11.6. The SMILES string of the molecule is CC(O)C(=O)O.COc1ncc(OC)c(OC)n1.[Na]. The normalized spacial score (nSPS) is 10.2. The Morgan fingerprint density at radius 2 is 1.79 bits per heavy atom. The molecule has 0 aliphatic rings. The van der Waals surface area contributed by atoms with Crippen LogP contribution in [0, 0.1) is 0 Å². The first kappa shape index (κ1) is 20.2. The van der Waals surface area contributed by atoms with Crippen LogP contribution < -0.4 is 14.2 Å². The fraction of sp³-hybridized carbons (Fsp3) is 0.500. The van der Waals surface area contributed by atoms with E-state index < -0.39 is 12.1 Å². The van der Waals surface area contributed by atoms with Gasteiger partial charge in [-0.1, -0.05) is 0 Å². The van der Waals surface area contributed by atoms with Crippen LogP contribution in [0.2, 0.25) is 0 Å². The van der Waals surface area contributed by atoms with Crippen molar-refractivity contribution < 1.29 is 29.2 Å². The van der Waals surface area contributed by atoms with Gasteiger partial charge in [-0.2, -0.15) is 9.97 Å². The summed E-state index contributed by atoms with van der Waals surface area (Å²) in [7, 11) is 4.51. The Kier molecular flexibility index (Phi) is 11.5. The quantitative estimate of drug-likeness (QED) is 0.716. The van der Waals surface area contributed by atoms with E-state index in [1.54, 1.807) is 0 Å². The first-order valence-corrected chi connectivity index (χ1v) is 4.86. The van der Waals surface area contributed by atoms with E-state index in [0.29, 0.717) is 11.6 Å². The Balaban J connectivity index is 0. The third-order valence-corrected chi connectivity index (χ3v) is 1.65. The molecule has 1 unspecified atom stereocenters. The molecule has 8 nitrogen and oxygen atoms in total. The number of aliphatic hydroxyl groups excluding tert-OH is 1. The molecule has 0 saturated carbocycles. The second-order valence-electron chi connectivity index (χ2n) is 2.95. The molecular formula is C10H16N2NaO6. The Hall–Kier alpha value is -1.09. The third kappa shape index (κ3) is 7.83. The molecule has 1 rings (SSSR count). The molecule has 1 radical (unpaired) electrons. The van der Waals surface area contributed by atoms with Gasteiger partial charge in [0.1, 0.15) is 6.10 Å². The number of rotatable bonds is 4. The summed E-state index contributed by atoms with van der Waals surface area (Å²) in [6, 6.07) is 0.257. The van der Waals surface area contributed by atoms with Crippen molar-refractivity contribution in [3.8, 4) is 17.6 Å². The maximum absolute atomic E-state index is 9.45. The molecule has 2 N–H and O–H groups in total. The molecule has 0 aliphatic carbocycles. The third-order valence-electron chi connectivity index (χ3n) is 1.65. The standard InChI is InChI=1S/C7H10N2O3.C3H6O3.Na/c1-10-5-4-8-7(12-3)9-6(5)11-2;1-2(4)3(5)6;/h4H,1-3H3;2,4H,1H3,(H,5,6);. The van der Waals surface area contributed by atoms with Gasteiger partial charge in [-0.25, -0.2) is 4.79 Å².